The number of aliphatic hydroxyl groups excluding tert-OH is 1. The minimum atomic E-state index is -0.670. The molecule has 3 nitrogen and oxygen atoms in total. The number of carbonyl (C=O) groups is 1. The number of likely N-dealkylation sites (tertiary alicyclic amines) is 1. The van der Waals surface area contributed by atoms with Gasteiger partial charge in [-0.15, -0.1) is 11.3 Å². The first-order chi connectivity index (χ1) is 11.5. The highest BCUT2D eigenvalue weighted by atomic mass is 32.1. The van der Waals surface area contributed by atoms with Gasteiger partial charge in [-0.3, -0.25) is 4.79 Å². The van der Waals surface area contributed by atoms with Gasteiger partial charge in [0.05, 0.1) is 16.5 Å². The number of ketones is 1. The minimum Gasteiger partial charge on any atom is -0.388 e. The zero-order valence-electron chi connectivity index (χ0n) is 14.0. The van der Waals surface area contributed by atoms with Crippen LogP contribution in [-0.2, 0) is 0 Å². The van der Waals surface area contributed by atoms with Crippen LogP contribution in [0.5, 0.6) is 0 Å². The Morgan fingerprint density at radius 2 is 2.04 bits per heavy atom. The monoisotopic (exact) mass is 347 g/mol. The number of piperidine rings is 1. The molecular formula is C19H22FNO2S. The van der Waals surface area contributed by atoms with E-state index in [0.29, 0.717) is 16.0 Å². The molecule has 1 aromatic heterocycles. The molecule has 0 amide bonds. The lowest BCUT2D eigenvalue weighted by atomic mass is 9.87. The van der Waals surface area contributed by atoms with Gasteiger partial charge in [0.2, 0.25) is 5.78 Å². The molecule has 24 heavy (non-hydrogen) atoms. The van der Waals surface area contributed by atoms with Gasteiger partial charge in [0.1, 0.15) is 5.82 Å². The fraction of sp³-hybridized carbons (Fsp3) is 0.421. The number of hydrogen-bond donors (Lipinski definition) is 1. The van der Waals surface area contributed by atoms with Crippen LogP contribution in [0, 0.1) is 18.7 Å². The van der Waals surface area contributed by atoms with Crippen LogP contribution < -0.4 is 0 Å². The Morgan fingerprint density at radius 3 is 2.75 bits per heavy atom. The number of aryl methyl sites for hydroxylation is 1. The largest absolute Gasteiger partial charge is 0.388 e. The fourth-order valence-electron chi connectivity index (χ4n) is 3.28. The number of halogens is 1. The maximum atomic E-state index is 14.3. The van der Waals surface area contributed by atoms with E-state index >= 15 is 0 Å². The Hall–Kier alpha value is -1.56. The van der Waals surface area contributed by atoms with E-state index in [2.05, 4.69) is 11.9 Å². The highest BCUT2D eigenvalue weighted by Crippen LogP contribution is 2.35. The Morgan fingerprint density at radius 1 is 1.33 bits per heavy atom. The van der Waals surface area contributed by atoms with Crippen LogP contribution in [0.2, 0.25) is 0 Å². The molecule has 5 heteroatoms. The smallest absolute Gasteiger partial charge is 0.206 e. The number of aliphatic hydroxyl groups is 1. The van der Waals surface area contributed by atoms with E-state index in [-0.39, 0.29) is 17.3 Å². The van der Waals surface area contributed by atoms with E-state index in [9.17, 15) is 14.3 Å². The second-order valence-electron chi connectivity index (χ2n) is 6.56. The Kier molecular flexibility index (Phi) is 5.13. The molecule has 1 saturated heterocycles. The highest BCUT2D eigenvalue weighted by molar-refractivity contribution is 7.12. The lowest BCUT2D eigenvalue weighted by molar-refractivity contribution is 0.0650. The minimum absolute atomic E-state index is 0.0780. The fourth-order valence-corrected chi connectivity index (χ4v) is 4.17. The number of carbonyl (C=O) groups excluding carboxylic acids is 1. The first-order valence-electron chi connectivity index (χ1n) is 8.23. The lowest BCUT2D eigenvalue weighted by Gasteiger charge is -2.32. The van der Waals surface area contributed by atoms with Crippen LogP contribution in [-0.4, -0.2) is 35.9 Å². The van der Waals surface area contributed by atoms with Gasteiger partial charge >= 0.3 is 0 Å². The number of thiophene rings is 1. The molecule has 1 aliphatic heterocycles. The number of rotatable bonds is 4. The summed E-state index contributed by atoms with van der Waals surface area (Å²) in [5.74, 6) is -0.673. The summed E-state index contributed by atoms with van der Waals surface area (Å²) >= 11 is 1.27. The van der Waals surface area contributed by atoms with Gasteiger partial charge < -0.3 is 10.0 Å². The summed E-state index contributed by atoms with van der Waals surface area (Å²) in [5.41, 5.74) is 1.17. The molecule has 0 saturated carbocycles. The van der Waals surface area contributed by atoms with Crippen LogP contribution in [0.1, 0.15) is 45.3 Å². The second kappa shape index (κ2) is 7.13. The number of nitrogens with zero attached hydrogens (tertiary/aromatic N) is 1. The van der Waals surface area contributed by atoms with Crippen molar-refractivity contribution in [1.82, 2.24) is 4.90 Å². The predicted molar refractivity (Wildman–Crippen MR) is 94.1 cm³/mol. The Balaban J connectivity index is 1.87. The first-order valence-corrected chi connectivity index (χ1v) is 9.10. The van der Waals surface area contributed by atoms with Crippen molar-refractivity contribution in [1.29, 1.82) is 0 Å². The standard InChI is InChI=1S/C19H22FNO2S/c1-12-4-3-5-14(16(12)20)18(23)19-15(8-11-24-19)17(22)13-6-9-21(2)10-7-13/h3-5,8,11,13,17,22H,6-7,9-10H2,1-2H3. The van der Waals surface area contributed by atoms with Crippen molar-refractivity contribution in [3.63, 3.8) is 0 Å². The van der Waals surface area contributed by atoms with Gasteiger partial charge in [-0.1, -0.05) is 12.1 Å². The molecule has 1 N–H and O–H groups in total. The third-order valence-corrected chi connectivity index (χ3v) is 5.80. The molecule has 0 aliphatic carbocycles. The molecule has 1 aromatic carbocycles. The maximum absolute atomic E-state index is 14.3. The van der Waals surface area contributed by atoms with Crippen LogP contribution in [0.15, 0.2) is 29.6 Å². The quantitative estimate of drug-likeness (QED) is 0.855. The molecule has 2 heterocycles. The van der Waals surface area contributed by atoms with Crippen LogP contribution in [0.3, 0.4) is 0 Å². The molecule has 2 aromatic rings. The first kappa shape index (κ1) is 17.3. The topological polar surface area (TPSA) is 40.5 Å². The van der Waals surface area contributed by atoms with E-state index < -0.39 is 11.9 Å². The third-order valence-electron chi connectivity index (χ3n) is 4.87. The van der Waals surface area contributed by atoms with Crippen molar-refractivity contribution in [3.05, 3.63) is 57.0 Å². The van der Waals surface area contributed by atoms with Crippen LogP contribution in [0.25, 0.3) is 0 Å². The molecule has 1 fully saturated rings. The lowest BCUT2D eigenvalue weighted by Crippen LogP contribution is -2.32. The average Bonchev–Trinajstić information content (AvgIpc) is 3.06. The average molecular weight is 347 g/mol. The van der Waals surface area contributed by atoms with Crippen molar-refractivity contribution in [2.45, 2.75) is 25.9 Å². The molecule has 1 unspecified atom stereocenters. The van der Waals surface area contributed by atoms with Gasteiger partial charge in [-0.2, -0.15) is 0 Å². The van der Waals surface area contributed by atoms with E-state index in [1.54, 1.807) is 30.5 Å². The van der Waals surface area contributed by atoms with E-state index in [4.69, 9.17) is 0 Å². The van der Waals surface area contributed by atoms with E-state index in [1.807, 2.05) is 0 Å². The zero-order chi connectivity index (χ0) is 17.3. The van der Waals surface area contributed by atoms with Crippen LogP contribution in [0.4, 0.5) is 4.39 Å². The Labute approximate surface area is 145 Å². The predicted octanol–water partition coefficient (Wildman–Crippen LogP) is 3.80. The normalized spacial score (nSPS) is 17.8. The van der Waals surface area contributed by atoms with Crippen molar-refractivity contribution >= 4 is 17.1 Å². The summed E-state index contributed by atoms with van der Waals surface area (Å²) in [6.45, 7) is 3.54. The van der Waals surface area contributed by atoms with Gasteiger partial charge in [-0.25, -0.2) is 4.39 Å². The Bertz CT molecular complexity index is 735. The zero-order valence-corrected chi connectivity index (χ0v) is 14.8. The summed E-state index contributed by atoms with van der Waals surface area (Å²) < 4.78 is 14.3. The van der Waals surface area contributed by atoms with Crippen LogP contribution >= 0.6 is 11.3 Å². The van der Waals surface area contributed by atoms with Gasteiger partial charge in [0, 0.05) is 5.56 Å². The molecule has 0 radical (unpaired) electrons. The van der Waals surface area contributed by atoms with E-state index in [0.717, 1.165) is 25.9 Å². The molecule has 1 atom stereocenters. The van der Waals surface area contributed by atoms with Crippen molar-refractivity contribution < 1.29 is 14.3 Å². The highest BCUT2D eigenvalue weighted by Gasteiger charge is 2.29. The van der Waals surface area contributed by atoms with E-state index in [1.165, 1.54) is 17.4 Å². The second-order valence-corrected chi connectivity index (χ2v) is 7.47. The molecule has 1 aliphatic rings. The summed E-state index contributed by atoms with van der Waals surface area (Å²) in [6.07, 6.45) is 1.14. The number of hydrogen-bond acceptors (Lipinski definition) is 4. The summed E-state index contributed by atoms with van der Waals surface area (Å²) in [7, 11) is 2.07. The van der Waals surface area contributed by atoms with Gasteiger partial charge in [0.15, 0.2) is 0 Å². The number of benzene rings is 1. The van der Waals surface area contributed by atoms with Crippen molar-refractivity contribution in [2.24, 2.45) is 5.92 Å². The van der Waals surface area contributed by atoms with Crippen molar-refractivity contribution in [2.75, 3.05) is 20.1 Å². The van der Waals surface area contributed by atoms with Gasteiger partial charge in [0.25, 0.3) is 0 Å². The third kappa shape index (κ3) is 3.29. The summed E-state index contributed by atoms with van der Waals surface area (Å²) in [5, 5.41) is 12.6. The maximum Gasteiger partial charge on any atom is 0.206 e. The van der Waals surface area contributed by atoms with Crippen molar-refractivity contribution in [3.8, 4) is 0 Å². The SMILES string of the molecule is Cc1cccc(C(=O)c2sccc2C(O)C2CCN(C)CC2)c1F. The molecule has 0 spiro atoms. The summed E-state index contributed by atoms with van der Waals surface area (Å²) in [6, 6.07) is 6.64. The molecule has 128 valence electrons. The molecular weight excluding hydrogens is 325 g/mol. The molecule has 3 rings (SSSR count). The van der Waals surface area contributed by atoms with Gasteiger partial charge in [-0.05, 0) is 68.9 Å². The summed E-state index contributed by atoms with van der Waals surface area (Å²) in [4.78, 5) is 15.5. The molecule has 0 bridgehead atoms.